The van der Waals surface area contributed by atoms with Gasteiger partial charge in [0.2, 0.25) is 0 Å². The molecule has 0 fully saturated rings. The average molecular weight is 719 g/mol. The molecule has 0 heterocycles. The van der Waals surface area contributed by atoms with Crippen molar-refractivity contribution in [1.29, 1.82) is 0 Å². The van der Waals surface area contributed by atoms with E-state index in [2.05, 4.69) is 6.58 Å². The maximum absolute atomic E-state index is 12.4. The molecule has 0 aliphatic carbocycles. The third-order valence-electron chi connectivity index (χ3n) is 3.53. The van der Waals surface area contributed by atoms with Crippen molar-refractivity contribution >= 4 is 85.8 Å². The third-order valence-corrected chi connectivity index (χ3v) is 5.99. The molecule has 0 aliphatic rings. The van der Waals surface area contributed by atoms with Gasteiger partial charge in [-0.25, -0.2) is 4.79 Å². The molecule has 0 saturated carbocycles. The number of methoxy groups -OCH3 is 1. The first-order valence-corrected chi connectivity index (χ1v) is 11.0. The van der Waals surface area contributed by atoms with E-state index in [1.54, 1.807) is 12.1 Å². The summed E-state index contributed by atoms with van der Waals surface area (Å²) < 4.78 is 18.2. The quantitative estimate of drug-likeness (QED) is 0.235. The van der Waals surface area contributed by atoms with Crippen LogP contribution in [0.4, 0.5) is 0 Å². The van der Waals surface area contributed by atoms with E-state index in [4.69, 9.17) is 14.2 Å². The molecule has 0 aliphatic heterocycles. The number of aromatic carboxylic acids is 1. The lowest BCUT2D eigenvalue weighted by molar-refractivity contribution is -0.255. The second-order valence-electron chi connectivity index (χ2n) is 5.32. The summed E-state index contributed by atoms with van der Waals surface area (Å²) in [5, 5.41) is 11.0. The molecule has 0 N–H and O–H groups in total. The summed E-state index contributed by atoms with van der Waals surface area (Å²) in [6, 6.07) is 6.46. The predicted octanol–water partition coefficient (Wildman–Crippen LogP) is 3.75. The van der Waals surface area contributed by atoms with Gasteiger partial charge in [0.05, 0.1) is 20.2 Å². The number of hydrogen-bond donors (Lipinski definition) is 0. The number of hydrogen-bond acceptors (Lipinski definition) is 6. The molecular formula is C19H14I3O6-. The first-order chi connectivity index (χ1) is 13.3. The molecule has 6 nitrogen and oxygen atoms in total. The van der Waals surface area contributed by atoms with E-state index in [0.29, 0.717) is 27.8 Å². The second-order valence-corrected chi connectivity index (χ2v) is 8.81. The summed E-state index contributed by atoms with van der Waals surface area (Å²) >= 11 is 6.02. The highest BCUT2D eigenvalue weighted by Crippen LogP contribution is 2.29. The number of halogens is 3. The van der Waals surface area contributed by atoms with Crippen LogP contribution in [0.15, 0.2) is 30.8 Å². The van der Waals surface area contributed by atoms with Crippen LogP contribution in [0.1, 0.15) is 26.3 Å². The zero-order valence-electron chi connectivity index (χ0n) is 14.6. The summed E-state index contributed by atoms with van der Waals surface area (Å²) in [6.07, 6.45) is 1.67. The van der Waals surface area contributed by atoms with Crippen LogP contribution in [-0.2, 0) is 4.74 Å². The first-order valence-electron chi connectivity index (χ1n) is 7.78. The monoisotopic (exact) mass is 719 g/mol. The van der Waals surface area contributed by atoms with Gasteiger partial charge < -0.3 is 24.1 Å². The SMILES string of the molecule is C=Cc1cc(I)c(C(=O)OCCOc2c(I)cc(C(=O)[O-])cc2I)c(OC)c1. The predicted molar refractivity (Wildman–Crippen MR) is 128 cm³/mol. The number of carbonyl (C=O) groups is 2. The summed E-state index contributed by atoms with van der Waals surface area (Å²) in [7, 11) is 1.48. The number of benzene rings is 2. The molecule has 2 aromatic rings. The van der Waals surface area contributed by atoms with E-state index in [9.17, 15) is 14.7 Å². The number of rotatable bonds is 8. The first kappa shape index (κ1) is 23.2. The number of carboxylic acids is 1. The van der Waals surface area contributed by atoms with Crippen LogP contribution in [0.2, 0.25) is 0 Å². The standard InChI is InChI=1S/C19H15I3O6/c1-3-10-6-12(20)16(15(7-10)26-2)19(25)28-5-4-27-17-13(21)8-11(18(23)24)9-14(17)22/h3,6-9H,1,4-5H2,2H3,(H,23,24)/p-1. The molecule has 0 unspecified atom stereocenters. The minimum absolute atomic E-state index is 0.0235. The maximum atomic E-state index is 12.4. The number of esters is 1. The van der Waals surface area contributed by atoms with Crippen molar-refractivity contribution < 1.29 is 28.9 Å². The van der Waals surface area contributed by atoms with Gasteiger partial charge >= 0.3 is 5.97 Å². The largest absolute Gasteiger partial charge is 0.545 e. The van der Waals surface area contributed by atoms with E-state index < -0.39 is 11.9 Å². The van der Waals surface area contributed by atoms with Crippen LogP contribution < -0.4 is 14.6 Å². The van der Waals surface area contributed by atoms with Crippen molar-refractivity contribution in [1.82, 2.24) is 0 Å². The van der Waals surface area contributed by atoms with E-state index in [1.165, 1.54) is 19.2 Å². The summed E-state index contributed by atoms with van der Waals surface area (Å²) in [6.45, 7) is 3.85. The minimum atomic E-state index is -1.25. The molecule has 0 bridgehead atoms. The molecule has 28 heavy (non-hydrogen) atoms. The van der Waals surface area contributed by atoms with Gasteiger partial charge in [-0.2, -0.15) is 0 Å². The lowest BCUT2D eigenvalue weighted by Crippen LogP contribution is -2.22. The lowest BCUT2D eigenvalue weighted by Gasteiger charge is -2.14. The molecule has 9 heteroatoms. The normalized spacial score (nSPS) is 10.3. The molecule has 0 saturated heterocycles. The van der Waals surface area contributed by atoms with Gasteiger partial charge in [0, 0.05) is 3.57 Å². The second kappa shape index (κ2) is 10.6. The fraction of sp³-hybridized carbons (Fsp3) is 0.158. The molecule has 0 spiro atoms. The number of carboxylic acid groups (broad SMARTS) is 1. The zero-order chi connectivity index (χ0) is 20.8. The number of carbonyl (C=O) groups excluding carboxylic acids is 2. The molecule has 2 rings (SSSR count). The molecule has 2 aromatic carbocycles. The van der Waals surface area contributed by atoms with Gasteiger partial charge in [-0.1, -0.05) is 12.7 Å². The Kier molecular flexibility index (Phi) is 8.80. The molecular weight excluding hydrogens is 705 g/mol. The highest BCUT2D eigenvalue weighted by molar-refractivity contribution is 14.1. The van der Waals surface area contributed by atoms with Gasteiger partial charge in [0.25, 0.3) is 0 Å². The number of ether oxygens (including phenoxy) is 3. The van der Waals surface area contributed by atoms with Gasteiger partial charge in [-0.3, -0.25) is 0 Å². The van der Waals surface area contributed by atoms with Crippen LogP contribution >= 0.6 is 67.8 Å². The van der Waals surface area contributed by atoms with Crippen LogP contribution in [0.3, 0.4) is 0 Å². The Bertz CT molecular complexity index is 903. The van der Waals surface area contributed by atoms with Crippen LogP contribution in [0, 0.1) is 10.7 Å². The highest BCUT2D eigenvalue weighted by atomic mass is 127. The summed E-state index contributed by atoms with van der Waals surface area (Å²) in [4.78, 5) is 23.4. The lowest BCUT2D eigenvalue weighted by atomic mass is 10.1. The van der Waals surface area contributed by atoms with Crippen molar-refractivity contribution in [2.24, 2.45) is 0 Å². The van der Waals surface area contributed by atoms with E-state index in [1.807, 2.05) is 73.8 Å². The van der Waals surface area contributed by atoms with Crippen LogP contribution in [0.25, 0.3) is 6.08 Å². The highest BCUT2D eigenvalue weighted by Gasteiger charge is 2.19. The molecule has 0 atom stereocenters. The third kappa shape index (κ3) is 5.72. The van der Waals surface area contributed by atoms with E-state index >= 15 is 0 Å². The van der Waals surface area contributed by atoms with Crippen molar-refractivity contribution in [3.63, 3.8) is 0 Å². The van der Waals surface area contributed by atoms with Crippen LogP contribution in [-0.4, -0.2) is 32.3 Å². The smallest absolute Gasteiger partial charge is 0.343 e. The zero-order valence-corrected chi connectivity index (χ0v) is 21.1. The van der Waals surface area contributed by atoms with E-state index in [-0.39, 0.29) is 18.8 Å². The van der Waals surface area contributed by atoms with Crippen molar-refractivity contribution in [3.05, 3.63) is 58.2 Å². The topological polar surface area (TPSA) is 84.9 Å². The van der Waals surface area contributed by atoms with Gasteiger partial charge in [0.1, 0.15) is 30.3 Å². The Morgan fingerprint density at radius 2 is 1.71 bits per heavy atom. The molecule has 0 amide bonds. The van der Waals surface area contributed by atoms with Crippen LogP contribution in [0.5, 0.6) is 11.5 Å². The fourth-order valence-corrected chi connectivity index (χ4v) is 5.17. The fourth-order valence-electron chi connectivity index (χ4n) is 2.24. The summed E-state index contributed by atoms with van der Waals surface area (Å²) in [5.74, 6) is -0.820. The molecule has 148 valence electrons. The van der Waals surface area contributed by atoms with Crippen molar-refractivity contribution in [2.45, 2.75) is 0 Å². The Morgan fingerprint density at radius 1 is 1.07 bits per heavy atom. The van der Waals surface area contributed by atoms with Crippen molar-refractivity contribution in [2.75, 3.05) is 20.3 Å². The Hall–Kier alpha value is -1.09. The van der Waals surface area contributed by atoms with E-state index in [0.717, 1.165) is 5.56 Å². The minimum Gasteiger partial charge on any atom is -0.545 e. The average Bonchev–Trinajstić information content (AvgIpc) is 2.65. The Balaban J connectivity index is 2.02. The van der Waals surface area contributed by atoms with Gasteiger partial charge in [-0.15, -0.1) is 0 Å². The Morgan fingerprint density at radius 3 is 2.25 bits per heavy atom. The molecule has 0 radical (unpaired) electrons. The van der Waals surface area contributed by atoms with Gasteiger partial charge in [0.15, 0.2) is 0 Å². The molecule has 0 aromatic heterocycles. The van der Waals surface area contributed by atoms with Gasteiger partial charge in [-0.05, 0) is 103 Å². The Labute approximate surface area is 203 Å². The maximum Gasteiger partial charge on any atom is 0.343 e. The van der Waals surface area contributed by atoms with Crippen molar-refractivity contribution in [3.8, 4) is 11.5 Å². The summed E-state index contributed by atoms with van der Waals surface area (Å²) in [5.41, 5.74) is 1.26.